The van der Waals surface area contributed by atoms with Crippen molar-refractivity contribution in [1.29, 1.82) is 5.26 Å². The lowest BCUT2D eigenvalue weighted by Crippen LogP contribution is -2.25. The maximum Gasteiger partial charge on any atom is 0.312 e. The van der Waals surface area contributed by atoms with E-state index < -0.39 is 11.0 Å². The highest BCUT2D eigenvalue weighted by Crippen LogP contribution is 2.27. The van der Waals surface area contributed by atoms with Crippen LogP contribution in [0.1, 0.15) is 19.4 Å². The Morgan fingerprint density at radius 2 is 2.15 bits per heavy atom. The predicted octanol–water partition coefficient (Wildman–Crippen LogP) is 1.63. The van der Waals surface area contributed by atoms with E-state index in [0.29, 0.717) is 0 Å². The molecule has 108 valence electrons. The molecule has 0 aliphatic heterocycles. The second-order valence-corrected chi connectivity index (χ2v) is 4.40. The van der Waals surface area contributed by atoms with Gasteiger partial charge in [-0.2, -0.15) is 5.26 Å². The first-order valence-electron chi connectivity index (χ1n) is 6.05. The predicted molar refractivity (Wildman–Crippen MR) is 70.4 cm³/mol. The highest BCUT2D eigenvalue weighted by atomic mass is 16.6. The summed E-state index contributed by atoms with van der Waals surface area (Å²) in [5.41, 5.74) is -0.131. The van der Waals surface area contributed by atoms with Gasteiger partial charge in [-0.1, -0.05) is 0 Å². The maximum absolute atomic E-state index is 10.9. The third-order valence-electron chi connectivity index (χ3n) is 2.34. The number of aliphatic hydroxyl groups is 1. The standard InChI is InChI=1S/C13H16N2O5/c1-9(2)19-7-11(16)8-20-13-4-3-10(6-14)5-12(13)15(17)18/h3-5,9,11,16H,7-8H2,1-2H3. The molecule has 0 aromatic heterocycles. The third kappa shape index (κ3) is 4.84. The lowest BCUT2D eigenvalue weighted by atomic mass is 10.2. The molecule has 1 unspecified atom stereocenters. The summed E-state index contributed by atoms with van der Waals surface area (Å²) in [5, 5.41) is 29.2. The lowest BCUT2D eigenvalue weighted by Gasteiger charge is -2.14. The first-order valence-corrected chi connectivity index (χ1v) is 6.05. The fraction of sp³-hybridized carbons (Fsp3) is 0.462. The van der Waals surface area contributed by atoms with Crippen LogP contribution in [0, 0.1) is 21.4 Å². The summed E-state index contributed by atoms with van der Waals surface area (Å²) in [6.07, 6.45) is -0.901. The molecule has 7 heteroatoms. The summed E-state index contributed by atoms with van der Waals surface area (Å²) in [6.45, 7) is 3.62. The van der Waals surface area contributed by atoms with Gasteiger partial charge in [0.05, 0.1) is 29.3 Å². The Morgan fingerprint density at radius 3 is 2.70 bits per heavy atom. The largest absolute Gasteiger partial charge is 0.484 e. The van der Waals surface area contributed by atoms with E-state index in [2.05, 4.69) is 0 Å². The van der Waals surface area contributed by atoms with Gasteiger partial charge in [0.2, 0.25) is 0 Å². The molecule has 0 aliphatic carbocycles. The summed E-state index contributed by atoms with van der Waals surface area (Å²) in [5.74, 6) is 0.0117. The van der Waals surface area contributed by atoms with Crippen molar-refractivity contribution in [1.82, 2.24) is 0 Å². The molecular formula is C13H16N2O5. The Kier molecular flexibility index (Phi) is 5.90. The molecule has 0 spiro atoms. The SMILES string of the molecule is CC(C)OCC(O)COc1ccc(C#N)cc1[N+](=O)[O-]. The van der Waals surface area contributed by atoms with E-state index in [9.17, 15) is 15.2 Å². The Morgan fingerprint density at radius 1 is 1.45 bits per heavy atom. The summed E-state index contributed by atoms with van der Waals surface area (Å²) >= 11 is 0. The second-order valence-electron chi connectivity index (χ2n) is 4.40. The van der Waals surface area contributed by atoms with Crippen LogP contribution in [-0.4, -0.2) is 35.5 Å². The topological polar surface area (TPSA) is 106 Å². The van der Waals surface area contributed by atoms with Crippen molar-refractivity contribution < 1.29 is 19.5 Å². The second kappa shape index (κ2) is 7.43. The zero-order valence-corrected chi connectivity index (χ0v) is 11.3. The van der Waals surface area contributed by atoms with Gasteiger partial charge < -0.3 is 14.6 Å². The summed E-state index contributed by atoms with van der Waals surface area (Å²) < 4.78 is 10.4. The number of nitriles is 1. The number of nitro groups is 1. The van der Waals surface area contributed by atoms with Gasteiger partial charge in [-0.25, -0.2) is 0 Å². The number of nitrogens with zero attached hydrogens (tertiary/aromatic N) is 2. The number of rotatable bonds is 7. The Labute approximate surface area is 116 Å². The summed E-state index contributed by atoms with van der Waals surface area (Å²) in [7, 11) is 0. The van der Waals surface area contributed by atoms with E-state index >= 15 is 0 Å². The van der Waals surface area contributed by atoms with Crippen molar-refractivity contribution >= 4 is 5.69 Å². The minimum absolute atomic E-state index is 0.0117. The smallest absolute Gasteiger partial charge is 0.312 e. The summed E-state index contributed by atoms with van der Waals surface area (Å²) in [4.78, 5) is 10.2. The van der Waals surface area contributed by atoms with Crippen LogP contribution in [0.5, 0.6) is 5.75 Å². The molecule has 0 fully saturated rings. The average Bonchev–Trinajstić information content (AvgIpc) is 2.42. The van der Waals surface area contributed by atoms with Crippen LogP contribution in [0.4, 0.5) is 5.69 Å². The Hall–Kier alpha value is -2.17. The molecule has 0 radical (unpaired) electrons. The number of benzene rings is 1. The first kappa shape index (κ1) is 15.9. The van der Waals surface area contributed by atoms with E-state index in [1.54, 1.807) is 0 Å². The van der Waals surface area contributed by atoms with Crippen LogP contribution in [0.2, 0.25) is 0 Å². The molecule has 0 saturated heterocycles. The Balaban J connectivity index is 2.68. The molecule has 1 N–H and O–H groups in total. The van der Waals surface area contributed by atoms with Gasteiger partial charge in [-0.15, -0.1) is 0 Å². The molecule has 1 aromatic rings. The minimum atomic E-state index is -0.882. The van der Waals surface area contributed by atoms with E-state index in [1.807, 2.05) is 19.9 Å². The van der Waals surface area contributed by atoms with Gasteiger partial charge in [-0.05, 0) is 26.0 Å². The number of hydrogen-bond acceptors (Lipinski definition) is 6. The van der Waals surface area contributed by atoms with E-state index in [1.165, 1.54) is 12.1 Å². The van der Waals surface area contributed by atoms with Gasteiger partial charge >= 0.3 is 5.69 Å². The van der Waals surface area contributed by atoms with E-state index in [4.69, 9.17) is 14.7 Å². The fourth-order valence-corrected chi connectivity index (χ4v) is 1.39. The van der Waals surface area contributed by atoms with Crippen LogP contribution in [-0.2, 0) is 4.74 Å². The van der Waals surface area contributed by atoms with Crippen LogP contribution in [0.25, 0.3) is 0 Å². The van der Waals surface area contributed by atoms with Crippen molar-refractivity contribution in [3.8, 4) is 11.8 Å². The lowest BCUT2D eigenvalue weighted by molar-refractivity contribution is -0.386. The number of ether oxygens (including phenoxy) is 2. The van der Waals surface area contributed by atoms with Crippen LogP contribution in [0.15, 0.2) is 18.2 Å². The summed E-state index contributed by atoms with van der Waals surface area (Å²) in [6, 6.07) is 5.70. The minimum Gasteiger partial charge on any atom is -0.484 e. The molecule has 1 atom stereocenters. The molecule has 1 rings (SSSR count). The van der Waals surface area contributed by atoms with Crippen molar-refractivity contribution in [2.75, 3.05) is 13.2 Å². The zero-order chi connectivity index (χ0) is 15.1. The molecule has 7 nitrogen and oxygen atoms in total. The maximum atomic E-state index is 10.9. The molecular weight excluding hydrogens is 264 g/mol. The highest BCUT2D eigenvalue weighted by Gasteiger charge is 2.17. The first-order chi connectivity index (χ1) is 9.43. The highest BCUT2D eigenvalue weighted by molar-refractivity contribution is 5.51. The van der Waals surface area contributed by atoms with Crippen LogP contribution >= 0.6 is 0 Å². The molecule has 0 saturated carbocycles. The van der Waals surface area contributed by atoms with Gasteiger partial charge in [-0.3, -0.25) is 10.1 Å². The molecule has 0 bridgehead atoms. The van der Waals surface area contributed by atoms with Gasteiger partial charge in [0.15, 0.2) is 5.75 Å². The van der Waals surface area contributed by atoms with Gasteiger partial charge in [0.1, 0.15) is 12.7 Å². The fourth-order valence-electron chi connectivity index (χ4n) is 1.39. The van der Waals surface area contributed by atoms with Crippen molar-refractivity contribution in [3.63, 3.8) is 0 Å². The zero-order valence-electron chi connectivity index (χ0n) is 11.3. The van der Waals surface area contributed by atoms with E-state index in [0.717, 1.165) is 6.07 Å². The molecule has 20 heavy (non-hydrogen) atoms. The number of aliphatic hydroxyl groups excluding tert-OH is 1. The number of hydrogen-bond donors (Lipinski definition) is 1. The van der Waals surface area contributed by atoms with E-state index in [-0.39, 0.29) is 36.3 Å². The molecule has 0 aliphatic rings. The van der Waals surface area contributed by atoms with Crippen molar-refractivity contribution in [2.45, 2.75) is 26.1 Å². The average molecular weight is 280 g/mol. The van der Waals surface area contributed by atoms with Crippen molar-refractivity contribution in [3.05, 3.63) is 33.9 Å². The normalized spacial score (nSPS) is 11.9. The molecule has 1 aromatic carbocycles. The quantitative estimate of drug-likeness (QED) is 0.601. The molecule has 0 amide bonds. The Bertz CT molecular complexity index is 510. The van der Waals surface area contributed by atoms with Crippen LogP contribution < -0.4 is 4.74 Å². The monoisotopic (exact) mass is 280 g/mol. The molecule has 0 heterocycles. The van der Waals surface area contributed by atoms with Gasteiger partial charge in [0, 0.05) is 6.07 Å². The third-order valence-corrected chi connectivity index (χ3v) is 2.34. The van der Waals surface area contributed by atoms with Crippen molar-refractivity contribution in [2.24, 2.45) is 0 Å². The van der Waals surface area contributed by atoms with Gasteiger partial charge in [0.25, 0.3) is 0 Å². The van der Waals surface area contributed by atoms with Crippen LogP contribution in [0.3, 0.4) is 0 Å². The number of nitro benzene ring substituents is 1.